The molecule has 0 unspecified atom stereocenters. The van der Waals surface area contributed by atoms with Crippen molar-refractivity contribution in [1.82, 2.24) is 20.4 Å². The van der Waals surface area contributed by atoms with Gasteiger partial charge in [0.2, 0.25) is 11.8 Å². The molecule has 1 fully saturated rings. The Hall–Kier alpha value is -2.18. The minimum atomic E-state index is 0.0176. The third-order valence-corrected chi connectivity index (χ3v) is 3.98. The van der Waals surface area contributed by atoms with E-state index < -0.39 is 0 Å². The Bertz CT molecular complexity index is 539. The molecule has 1 saturated heterocycles. The summed E-state index contributed by atoms with van der Waals surface area (Å²) in [6.45, 7) is 8.64. The van der Waals surface area contributed by atoms with Crippen LogP contribution in [-0.2, 0) is 16.1 Å². The fraction of sp³-hybridized carbons (Fsp3) is 0.444. The predicted octanol–water partition coefficient (Wildman–Crippen LogP) is 0.223. The average Bonchev–Trinajstić information content (AvgIpc) is 2.61. The Labute approximate surface area is 143 Å². The van der Waals surface area contributed by atoms with Crippen LogP contribution in [0.5, 0.6) is 0 Å². The molecule has 1 aromatic carbocycles. The predicted molar refractivity (Wildman–Crippen MR) is 94.4 cm³/mol. The molecule has 0 aliphatic carbocycles. The Morgan fingerprint density at radius 2 is 1.50 bits per heavy atom. The van der Waals surface area contributed by atoms with Crippen LogP contribution in [0.1, 0.15) is 5.56 Å². The first kappa shape index (κ1) is 18.2. The molecular weight excluding hydrogens is 304 g/mol. The standard InChI is InChI=1S/C18H26N4O2/c1-2-8-19-17(23)14-21-9-11-22(12-10-21)15-18(24)20-13-16-6-4-3-5-7-16/h2-7H,1,8-15H2,(H,19,23)(H,20,24). The van der Waals surface area contributed by atoms with Gasteiger partial charge in [0.1, 0.15) is 0 Å². The second kappa shape index (κ2) is 9.85. The number of piperazine rings is 1. The number of carbonyl (C=O) groups excluding carboxylic acids is 2. The van der Waals surface area contributed by atoms with E-state index >= 15 is 0 Å². The molecule has 2 amide bonds. The molecule has 2 N–H and O–H groups in total. The smallest absolute Gasteiger partial charge is 0.234 e. The first-order valence-corrected chi connectivity index (χ1v) is 8.30. The molecule has 1 aliphatic rings. The normalized spacial score (nSPS) is 15.7. The van der Waals surface area contributed by atoms with Crippen LogP contribution in [0.2, 0.25) is 0 Å². The van der Waals surface area contributed by atoms with Gasteiger partial charge >= 0.3 is 0 Å². The number of hydrogen-bond donors (Lipinski definition) is 2. The van der Waals surface area contributed by atoms with Crippen molar-refractivity contribution in [3.8, 4) is 0 Å². The quantitative estimate of drug-likeness (QED) is 0.670. The van der Waals surface area contributed by atoms with Crippen LogP contribution in [0.4, 0.5) is 0 Å². The molecule has 0 radical (unpaired) electrons. The van der Waals surface area contributed by atoms with E-state index in [2.05, 4.69) is 27.0 Å². The molecule has 0 aromatic heterocycles. The number of hydrogen-bond acceptors (Lipinski definition) is 4. The topological polar surface area (TPSA) is 64.7 Å². The Kier molecular flexibility index (Phi) is 7.45. The van der Waals surface area contributed by atoms with E-state index in [-0.39, 0.29) is 11.8 Å². The molecule has 6 nitrogen and oxygen atoms in total. The van der Waals surface area contributed by atoms with Gasteiger partial charge in [-0.3, -0.25) is 19.4 Å². The number of rotatable bonds is 8. The van der Waals surface area contributed by atoms with Gasteiger partial charge in [0.25, 0.3) is 0 Å². The Morgan fingerprint density at radius 3 is 2.04 bits per heavy atom. The van der Waals surface area contributed by atoms with E-state index in [1.807, 2.05) is 30.3 Å². The van der Waals surface area contributed by atoms with E-state index in [9.17, 15) is 9.59 Å². The first-order valence-electron chi connectivity index (χ1n) is 8.30. The van der Waals surface area contributed by atoms with Gasteiger partial charge in [-0.05, 0) is 5.56 Å². The number of nitrogens with zero attached hydrogens (tertiary/aromatic N) is 2. The van der Waals surface area contributed by atoms with Crippen molar-refractivity contribution < 1.29 is 9.59 Å². The fourth-order valence-corrected chi connectivity index (χ4v) is 2.61. The van der Waals surface area contributed by atoms with E-state index in [0.29, 0.717) is 26.2 Å². The van der Waals surface area contributed by atoms with Gasteiger partial charge in [0, 0.05) is 39.3 Å². The van der Waals surface area contributed by atoms with Crippen LogP contribution < -0.4 is 10.6 Å². The lowest BCUT2D eigenvalue weighted by atomic mass is 10.2. The number of amides is 2. The van der Waals surface area contributed by atoms with Gasteiger partial charge in [-0.1, -0.05) is 36.4 Å². The zero-order valence-electron chi connectivity index (χ0n) is 14.0. The van der Waals surface area contributed by atoms with Crippen molar-refractivity contribution in [3.63, 3.8) is 0 Å². The average molecular weight is 330 g/mol. The van der Waals surface area contributed by atoms with Crippen LogP contribution >= 0.6 is 0 Å². The van der Waals surface area contributed by atoms with Gasteiger partial charge in [-0.25, -0.2) is 0 Å². The van der Waals surface area contributed by atoms with Crippen LogP contribution in [0.3, 0.4) is 0 Å². The molecule has 0 saturated carbocycles. The van der Waals surface area contributed by atoms with E-state index in [0.717, 1.165) is 31.7 Å². The van der Waals surface area contributed by atoms with Gasteiger partial charge < -0.3 is 10.6 Å². The second-order valence-corrected chi connectivity index (χ2v) is 5.91. The molecule has 6 heteroatoms. The van der Waals surface area contributed by atoms with Crippen molar-refractivity contribution in [3.05, 3.63) is 48.6 Å². The molecule has 0 bridgehead atoms. The number of benzene rings is 1. The highest BCUT2D eigenvalue weighted by Gasteiger charge is 2.20. The van der Waals surface area contributed by atoms with E-state index in [1.165, 1.54) is 0 Å². The maximum Gasteiger partial charge on any atom is 0.234 e. The highest BCUT2D eigenvalue weighted by atomic mass is 16.2. The van der Waals surface area contributed by atoms with Crippen molar-refractivity contribution in [2.45, 2.75) is 6.54 Å². The number of nitrogens with one attached hydrogen (secondary N) is 2. The SMILES string of the molecule is C=CCNC(=O)CN1CCN(CC(=O)NCc2ccccc2)CC1. The summed E-state index contributed by atoms with van der Waals surface area (Å²) in [6, 6.07) is 9.88. The van der Waals surface area contributed by atoms with Gasteiger partial charge in [-0.2, -0.15) is 0 Å². The molecule has 0 atom stereocenters. The summed E-state index contributed by atoms with van der Waals surface area (Å²) in [4.78, 5) is 27.9. The van der Waals surface area contributed by atoms with Gasteiger partial charge in [-0.15, -0.1) is 6.58 Å². The summed E-state index contributed by atoms with van der Waals surface area (Å²) in [5, 5.41) is 5.72. The minimum absolute atomic E-state index is 0.0176. The highest BCUT2D eigenvalue weighted by molar-refractivity contribution is 5.78. The van der Waals surface area contributed by atoms with Crippen LogP contribution in [-0.4, -0.2) is 67.4 Å². The molecule has 130 valence electrons. The van der Waals surface area contributed by atoms with E-state index in [4.69, 9.17) is 0 Å². The lowest BCUT2D eigenvalue weighted by molar-refractivity contribution is -0.125. The van der Waals surface area contributed by atoms with Crippen LogP contribution in [0.25, 0.3) is 0 Å². The van der Waals surface area contributed by atoms with Gasteiger partial charge in [0.05, 0.1) is 13.1 Å². The lowest BCUT2D eigenvalue weighted by Crippen LogP contribution is -2.51. The maximum atomic E-state index is 12.0. The molecule has 0 spiro atoms. The zero-order valence-corrected chi connectivity index (χ0v) is 14.0. The summed E-state index contributed by atoms with van der Waals surface area (Å²) in [6.07, 6.45) is 1.67. The minimum Gasteiger partial charge on any atom is -0.352 e. The summed E-state index contributed by atoms with van der Waals surface area (Å²) in [5.74, 6) is 0.0555. The number of carbonyl (C=O) groups is 2. The molecule has 1 heterocycles. The van der Waals surface area contributed by atoms with Crippen LogP contribution in [0.15, 0.2) is 43.0 Å². The van der Waals surface area contributed by atoms with Crippen molar-refractivity contribution in [1.29, 1.82) is 0 Å². The summed E-state index contributed by atoms with van der Waals surface area (Å²) < 4.78 is 0. The summed E-state index contributed by atoms with van der Waals surface area (Å²) >= 11 is 0. The molecular formula is C18H26N4O2. The molecule has 2 rings (SSSR count). The molecule has 1 aromatic rings. The van der Waals surface area contributed by atoms with Crippen LogP contribution in [0, 0.1) is 0 Å². The molecule has 1 aliphatic heterocycles. The van der Waals surface area contributed by atoms with Crippen molar-refractivity contribution in [2.75, 3.05) is 45.8 Å². The van der Waals surface area contributed by atoms with E-state index in [1.54, 1.807) is 6.08 Å². The largest absolute Gasteiger partial charge is 0.352 e. The Balaban J connectivity index is 1.62. The Morgan fingerprint density at radius 1 is 0.958 bits per heavy atom. The van der Waals surface area contributed by atoms with Crippen molar-refractivity contribution in [2.24, 2.45) is 0 Å². The van der Waals surface area contributed by atoms with Crippen molar-refractivity contribution >= 4 is 11.8 Å². The fourth-order valence-electron chi connectivity index (χ4n) is 2.61. The highest BCUT2D eigenvalue weighted by Crippen LogP contribution is 2.02. The molecule has 24 heavy (non-hydrogen) atoms. The lowest BCUT2D eigenvalue weighted by Gasteiger charge is -2.33. The third-order valence-electron chi connectivity index (χ3n) is 3.98. The summed E-state index contributed by atoms with van der Waals surface area (Å²) in [7, 11) is 0. The van der Waals surface area contributed by atoms with Gasteiger partial charge in [0.15, 0.2) is 0 Å². The maximum absolute atomic E-state index is 12.0. The zero-order chi connectivity index (χ0) is 17.2. The second-order valence-electron chi connectivity index (χ2n) is 5.91. The monoisotopic (exact) mass is 330 g/mol. The first-order chi connectivity index (χ1) is 11.7. The summed E-state index contributed by atoms with van der Waals surface area (Å²) in [5.41, 5.74) is 1.10. The third kappa shape index (κ3) is 6.52.